The lowest BCUT2D eigenvalue weighted by molar-refractivity contribution is 0.545. The van der Waals surface area contributed by atoms with Crippen LogP contribution in [0, 0.1) is 6.92 Å². The summed E-state index contributed by atoms with van der Waals surface area (Å²) in [5, 5.41) is 3.48. The first kappa shape index (κ1) is 11.2. The van der Waals surface area contributed by atoms with Gasteiger partial charge < -0.3 is 5.32 Å². The topological polar surface area (TPSA) is 12.0 Å². The second-order valence-electron chi connectivity index (χ2n) is 3.12. The van der Waals surface area contributed by atoms with E-state index in [1.165, 1.54) is 14.2 Å². The highest BCUT2D eigenvalue weighted by atomic mass is 79.9. The summed E-state index contributed by atoms with van der Waals surface area (Å²) in [7, 11) is 0. The molecule has 1 aromatic heterocycles. The molecule has 0 amide bonds. The highest BCUT2D eigenvalue weighted by Gasteiger charge is 2.11. The zero-order valence-electron chi connectivity index (χ0n) is 8.36. The molecule has 0 aliphatic carbocycles. The van der Waals surface area contributed by atoms with Crippen molar-refractivity contribution in [3.63, 3.8) is 0 Å². The van der Waals surface area contributed by atoms with Crippen LogP contribution in [0.3, 0.4) is 0 Å². The molecule has 0 aromatic carbocycles. The Labute approximate surface area is 92.7 Å². The predicted molar refractivity (Wildman–Crippen MR) is 63.5 cm³/mol. The van der Waals surface area contributed by atoms with Crippen LogP contribution in [0.2, 0.25) is 0 Å². The second-order valence-corrected chi connectivity index (χ2v) is 5.53. The molecular weight excluding hydrogens is 246 g/mol. The number of nitrogens with one attached hydrogen (secondary N) is 1. The largest absolute Gasteiger partial charge is 0.310 e. The van der Waals surface area contributed by atoms with E-state index in [0.717, 1.165) is 13.0 Å². The summed E-state index contributed by atoms with van der Waals surface area (Å²) < 4.78 is 1.26. The lowest BCUT2D eigenvalue weighted by Crippen LogP contribution is -2.18. The normalized spacial score (nSPS) is 13.2. The van der Waals surface area contributed by atoms with Crippen LogP contribution in [0.5, 0.6) is 0 Å². The van der Waals surface area contributed by atoms with Crippen molar-refractivity contribution in [3.05, 3.63) is 20.3 Å². The van der Waals surface area contributed by atoms with E-state index in [2.05, 4.69) is 48.1 Å². The summed E-state index contributed by atoms with van der Waals surface area (Å²) in [4.78, 5) is 1.44. The third kappa shape index (κ3) is 2.79. The molecule has 1 rings (SSSR count). The van der Waals surface area contributed by atoms with E-state index < -0.39 is 0 Å². The Kier molecular flexibility index (Phi) is 4.42. The molecule has 0 saturated carbocycles. The van der Waals surface area contributed by atoms with E-state index in [0.29, 0.717) is 6.04 Å². The Hall–Kier alpha value is 0.140. The molecule has 0 spiro atoms. The summed E-state index contributed by atoms with van der Waals surface area (Å²) in [6, 6.07) is 2.80. The van der Waals surface area contributed by atoms with E-state index in [9.17, 15) is 0 Å². The number of rotatable bonds is 4. The third-order valence-electron chi connectivity index (χ3n) is 2.08. The Morgan fingerprint density at radius 2 is 2.23 bits per heavy atom. The first-order valence-electron chi connectivity index (χ1n) is 4.68. The number of halogens is 1. The van der Waals surface area contributed by atoms with Crippen LogP contribution in [0.25, 0.3) is 0 Å². The molecular formula is C10H16BrNS. The van der Waals surface area contributed by atoms with Crippen LogP contribution in [0.1, 0.15) is 36.8 Å². The van der Waals surface area contributed by atoms with Gasteiger partial charge in [-0.25, -0.2) is 0 Å². The Morgan fingerprint density at radius 3 is 2.62 bits per heavy atom. The minimum absolute atomic E-state index is 0.528. The van der Waals surface area contributed by atoms with E-state index in [4.69, 9.17) is 0 Å². The van der Waals surface area contributed by atoms with Gasteiger partial charge in [0.2, 0.25) is 0 Å². The molecule has 1 unspecified atom stereocenters. The molecule has 1 nitrogen and oxygen atoms in total. The van der Waals surface area contributed by atoms with Gasteiger partial charge in [-0.1, -0.05) is 13.8 Å². The summed E-state index contributed by atoms with van der Waals surface area (Å²) in [5.41, 5.74) is 1.34. The number of aryl methyl sites for hydroxylation is 1. The van der Waals surface area contributed by atoms with E-state index in [1.807, 2.05) is 11.3 Å². The molecule has 1 heterocycles. The third-order valence-corrected chi connectivity index (χ3v) is 4.33. The van der Waals surface area contributed by atoms with Crippen molar-refractivity contribution < 1.29 is 0 Å². The zero-order chi connectivity index (χ0) is 9.84. The number of hydrogen-bond donors (Lipinski definition) is 1. The van der Waals surface area contributed by atoms with Crippen LogP contribution >= 0.6 is 27.3 Å². The molecule has 1 atom stereocenters. The van der Waals surface area contributed by atoms with Gasteiger partial charge in [-0.15, -0.1) is 11.3 Å². The van der Waals surface area contributed by atoms with Crippen LogP contribution in [-0.2, 0) is 0 Å². The van der Waals surface area contributed by atoms with Crippen LogP contribution in [-0.4, -0.2) is 6.54 Å². The molecule has 0 aliphatic heterocycles. The molecule has 13 heavy (non-hydrogen) atoms. The van der Waals surface area contributed by atoms with Crippen molar-refractivity contribution in [3.8, 4) is 0 Å². The van der Waals surface area contributed by atoms with Crippen molar-refractivity contribution in [2.45, 2.75) is 33.2 Å². The van der Waals surface area contributed by atoms with E-state index in [-0.39, 0.29) is 0 Å². The van der Waals surface area contributed by atoms with Gasteiger partial charge in [0.25, 0.3) is 0 Å². The number of hydrogen-bond acceptors (Lipinski definition) is 2. The summed E-state index contributed by atoms with van der Waals surface area (Å²) in [6.07, 6.45) is 1.15. The SMILES string of the molecule is CCNC(CC)c1cc(C)c(Br)s1. The van der Waals surface area contributed by atoms with Gasteiger partial charge in [0.1, 0.15) is 0 Å². The van der Waals surface area contributed by atoms with Gasteiger partial charge in [0, 0.05) is 10.9 Å². The highest BCUT2D eigenvalue weighted by molar-refractivity contribution is 9.11. The summed E-state index contributed by atoms with van der Waals surface area (Å²) >= 11 is 5.40. The maximum atomic E-state index is 3.56. The molecule has 1 aromatic rings. The summed E-state index contributed by atoms with van der Waals surface area (Å²) in [6.45, 7) is 7.55. The first-order chi connectivity index (χ1) is 6.19. The van der Waals surface area contributed by atoms with Crippen molar-refractivity contribution in [2.75, 3.05) is 6.54 Å². The Morgan fingerprint density at radius 1 is 1.54 bits per heavy atom. The average Bonchev–Trinajstić information content (AvgIpc) is 2.43. The lowest BCUT2D eigenvalue weighted by Gasteiger charge is -2.13. The maximum absolute atomic E-state index is 3.56. The van der Waals surface area contributed by atoms with Gasteiger partial charge in [-0.3, -0.25) is 0 Å². The predicted octanol–water partition coefficient (Wildman–Crippen LogP) is 3.88. The molecule has 1 N–H and O–H groups in total. The second kappa shape index (κ2) is 5.13. The van der Waals surface area contributed by atoms with Gasteiger partial charge in [-0.05, 0) is 47.4 Å². The van der Waals surface area contributed by atoms with Crippen molar-refractivity contribution >= 4 is 27.3 Å². The smallest absolute Gasteiger partial charge is 0.0731 e. The fourth-order valence-corrected chi connectivity index (χ4v) is 3.08. The molecule has 0 aliphatic rings. The van der Waals surface area contributed by atoms with Gasteiger partial charge in [-0.2, -0.15) is 0 Å². The van der Waals surface area contributed by atoms with Crippen molar-refractivity contribution in [2.24, 2.45) is 0 Å². The fourth-order valence-electron chi connectivity index (χ4n) is 1.35. The van der Waals surface area contributed by atoms with Gasteiger partial charge >= 0.3 is 0 Å². The van der Waals surface area contributed by atoms with Crippen LogP contribution in [0.15, 0.2) is 9.85 Å². The van der Waals surface area contributed by atoms with Gasteiger partial charge in [0.05, 0.1) is 3.79 Å². The monoisotopic (exact) mass is 261 g/mol. The average molecular weight is 262 g/mol. The van der Waals surface area contributed by atoms with Crippen molar-refractivity contribution in [1.82, 2.24) is 5.32 Å². The van der Waals surface area contributed by atoms with Crippen molar-refractivity contribution in [1.29, 1.82) is 0 Å². The molecule has 0 bridgehead atoms. The maximum Gasteiger partial charge on any atom is 0.0731 e. The summed E-state index contributed by atoms with van der Waals surface area (Å²) in [5.74, 6) is 0. The minimum Gasteiger partial charge on any atom is -0.310 e. The molecule has 3 heteroatoms. The molecule has 74 valence electrons. The standard InChI is InChI=1S/C10H16BrNS/c1-4-8(12-5-2)9-6-7(3)10(11)13-9/h6,8,12H,4-5H2,1-3H3. The van der Waals surface area contributed by atoms with E-state index >= 15 is 0 Å². The molecule has 0 fully saturated rings. The quantitative estimate of drug-likeness (QED) is 0.868. The van der Waals surface area contributed by atoms with E-state index in [1.54, 1.807) is 0 Å². The minimum atomic E-state index is 0.528. The number of thiophene rings is 1. The molecule has 0 saturated heterocycles. The van der Waals surface area contributed by atoms with Crippen LogP contribution in [0.4, 0.5) is 0 Å². The Bertz CT molecular complexity index is 250. The highest BCUT2D eigenvalue weighted by Crippen LogP contribution is 2.32. The first-order valence-corrected chi connectivity index (χ1v) is 6.29. The molecule has 0 radical (unpaired) electrons. The van der Waals surface area contributed by atoms with Gasteiger partial charge in [0.15, 0.2) is 0 Å². The lowest BCUT2D eigenvalue weighted by atomic mass is 10.2. The fraction of sp³-hybridized carbons (Fsp3) is 0.600. The van der Waals surface area contributed by atoms with Crippen LogP contribution < -0.4 is 5.32 Å². The zero-order valence-corrected chi connectivity index (χ0v) is 10.8. The Balaban J connectivity index is 2.78.